The number of rotatable bonds is 5. The number of halogens is 1. The summed E-state index contributed by atoms with van der Waals surface area (Å²) in [6.07, 6.45) is 1.83. The van der Waals surface area contributed by atoms with E-state index in [1.165, 1.54) is 5.56 Å². The topological polar surface area (TPSA) is 16.1 Å². The molecule has 0 atom stereocenters. The Hall–Kier alpha value is -1.54. The average Bonchev–Trinajstić information content (AvgIpc) is 2.45. The Morgan fingerprint density at radius 2 is 1.84 bits per heavy atom. The summed E-state index contributed by atoms with van der Waals surface area (Å²) in [4.78, 5) is 6.76. The number of pyridine rings is 1. The summed E-state index contributed by atoms with van der Waals surface area (Å²) in [7, 11) is 0. The monoisotopic (exact) mass is 274 g/mol. The molecule has 3 heteroatoms. The van der Waals surface area contributed by atoms with E-state index in [-0.39, 0.29) is 0 Å². The molecule has 2 nitrogen and oxygen atoms in total. The van der Waals surface area contributed by atoms with Gasteiger partial charge in [0, 0.05) is 24.7 Å². The predicted octanol–water partition coefficient (Wildman–Crippen LogP) is 4.24. The molecule has 0 amide bonds. The maximum absolute atomic E-state index is 5.90. The Kier molecular flexibility index (Phi) is 4.80. The van der Waals surface area contributed by atoms with Gasteiger partial charge in [0.15, 0.2) is 0 Å². The van der Waals surface area contributed by atoms with Gasteiger partial charge in [-0.1, -0.05) is 30.3 Å². The Morgan fingerprint density at radius 1 is 1.11 bits per heavy atom. The van der Waals surface area contributed by atoms with Crippen molar-refractivity contribution < 1.29 is 0 Å². The molecule has 0 fully saturated rings. The quantitative estimate of drug-likeness (QED) is 0.759. The molecule has 0 aliphatic heterocycles. The lowest BCUT2D eigenvalue weighted by Gasteiger charge is -2.28. The van der Waals surface area contributed by atoms with E-state index in [4.69, 9.17) is 11.6 Å². The summed E-state index contributed by atoms with van der Waals surface area (Å²) in [5, 5.41) is 0. The molecule has 100 valence electrons. The van der Waals surface area contributed by atoms with E-state index in [9.17, 15) is 0 Å². The van der Waals surface area contributed by atoms with Gasteiger partial charge in [0.25, 0.3) is 0 Å². The molecule has 2 aromatic rings. The van der Waals surface area contributed by atoms with Crippen LogP contribution in [0.25, 0.3) is 0 Å². The van der Waals surface area contributed by atoms with Crippen LogP contribution in [0.1, 0.15) is 25.0 Å². The second kappa shape index (κ2) is 6.58. The zero-order chi connectivity index (χ0) is 13.7. The number of aromatic nitrogens is 1. The number of hydrogen-bond acceptors (Lipinski definition) is 2. The molecule has 0 unspecified atom stereocenters. The lowest BCUT2D eigenvalue weighted by Crippen LogP contribution is -2.30. The molecule has 2 rings (SSSR count). The predicted molar refractivity (Wildman–Crippen MR) is 81.6 cm³/mol. The molecule has 0 aliphatic rings. The van der Waals surface area contributed by atoms with Crippen LogP contribution in [-0.2, 0) is 12.4 Å². The lowest BCUT2D eigenvalue weighted by molar-refractivity contribution is 0.672. The fourth-order valence-corrected chi connectivity index (χ4v) is 2.18. The lowest BCUT2D eigenvalue weighted by atomic mass is 10.2. The fourth-order valence-electron chi connectivity index (χ4n) is 2.01. The van der Waals surface area contributed by atoms with E-state index in [2.05, 4.69) is 54.1 Å². The number of benzene rings is 1. The van der Waals surface area contributed by atoms with Gasteiger partial charge in [0.2, 0.25) is 0 Å². The SMILES string of the molecule is CC(C)N(Cc1ccccc1)c1cc(CCl)ccn1. The molecular weight excluding hydrogens is 256 g/mol. The number of hydrogen-bond donors (Lipinski definition) is 0. The second-order valence-corrected chi connectivity index (χ2v) is 5.13. The zero-order valence-electron chi connectivity index (χ0n) is 11.4. The van der Waals surface area contributed by atoms with Gasteiger partial charge in [0.05, 0.1) is 0 Å². The normalized spacial score (nSPS) is 10.7. The first-order valence-corrected chi connectivity index (χ1v) is 7.05. The smallest absolute Gasteiger partial charge is 0.129 e. The molecular formula is C16H19ClN2. The van der Waals surface area contributed by atoms with E-state index in [1.807, 2.05) is 18.3 Å². The van der Waals surface area contributed by atoms with Crippen LogP contribution in [0.3, 0.4) is 0 Å². The average molecular weight is 275 g/mol. The van der Waals surface area contributed by atoms with Crippen molar-refractivity contribution in [1.82, 2.24) is 4.98 Å². The van der Waals surface area contributed by atoms with E-state index in [0.29, 0.717) is 11.9 Å². The molecule has 0 saturated carbocycles. The van der Waals surface area contributed by atoms with Crippen molar-refractivity contribution in [2.75, 3.05) is 4.90 Å². The summed E-state index contributed by atoms with van der Waals surface area (Å²) >= 11 is 5.90. The first kappa shape index (κ1) is 13.9. The van der Waals surface area contributed by atoms with Crippen LogP contribution in [0.5, 0.6) is 0 Å². The fraction of sp³-hybridized carbons (Fsp3) is 0.312. The third-order valence-electron chi connectivity index (χ3n) is 3.08. The number of alkyl halides is 1. The molecule has 1 aromatic carbocycles. The molecule has 0 saturated heterocycles. The largest absolute Gasteiger partial charge is 0.350 e. The maximum atomic E-state index is 5.90. The van der Waals surface area contributed by atoms with Crippen LogP contribution < -0.4 is 4.90 Å². The highest BCUT2D eigenvalue weighted by molar-refractivity contribution is 6.17. The Balaban J connectivity index is 2.24. The van der Waals surface area contributed by atoms with Crippen LogP contribution in [0.2, 0.25) is 0 Å². The summed E-state index contributed by atoms with van der Waals surface area (Å²) in [5.41, 5.74) is 2.39. The van der Waals surface area contributed by atoms with Crippen LogP contribution in [0.15, 0.2) is 48.7 Å². The van der Waals surface area contributed by atoms with E-state index >= 15 is 0 Å². The minimum atomic E-state index is 0.387. The zero-order valence-corrected chi connectivity index (χ0v) is 12.1. The van der Waals surface area contributed by atoms with Gasteiger partial charge < -0.3 is 4.90 Å². The van der Waals surface area contributed by atoms with Crippen LogP contribution in [0, 0.1) is 0 Å². The summed E-state index contributed by atoms with van der Waals surface area (Å²) in [6.45, 7) is 5.22. The molecule has 0 N–H and O–H groups in total. The van der Waals surface area contributed by atoms with Crippen LogP contribution in [0.4, 0.5) is 5.82 Å². The molecule has 1 aromatic heterocycles. The van der Waals surface area contributed by atoms with E-state index in [1.54, 1.807) is 0 Å². The van der Waals surface area contributed by atoms with Crippen molar-refractivity contribution in [1.29, 1.82) is 0 Å². The molecule has 0 aliphatic carbocycles. The van der Waals surface area contributed by atoms with Gasteiger partial charge in [0.1, 0.15) is 5.82 Å². The molecule has 0 spiro atoms. The highest BCUT2D eigenvalue weighted by atomic mass is 35.5. The Morgan fingerprint density at radius 3 is 2.47 bits per heavy atom. The number of nitrogens with zero attached hydrogens (tertiary/aromatic N) is 2. The summed E-state index contributed by atoms with van der Waals surface area (Å²) in [5.74, 6) is 1.50. The van der Waals surface area contributed by atoms with Crippen molar-refractivity contribution >= 4 is 17.4 Å². The van der Waals surface area contributed by atoms with Crippen molar-refractivity contribution in [2.24, 2.45) is 0 Å². The first-order valence-electron chi connectivity index (χ1n) is 6.52. The van der Waals surface area contributed by atoms with Gasteiger partial charge >= 0.3 is 0 Å². The first-order chi connectivity index (χ1) is 9.20. The van der Waals surface area contributed by atoms with Gasteiger partial charge in [-0.25, -0.2) is 4.98 Å². The van der Waals surface area contributed by atoms with Gasteiger partial charge in [-0.3, -0.25) is 0 Å². The van der Waals surface area contributed by atoms with E-state index < -0.39 is 0 Å². The Labute approximate surface area is 120 Å². The minimum Gasteiger partial charge on any atom is -0.350 e. The summed E-state index contributed by atoms with van der Waals surface area (Å²) < 4.78 is 0. The molecule has 19 heavy (non-hydrogen) atoms. The highest BCUT2D eigenvalue weighted by Gasteiger charge is 2.12. The Bertz CT molecular complexity index is 511. The highest BCUT2D eigenvalue weighted by Crippen LogP contribution is 2.19. The standard InChI is InChI=1S/C16H19ClN2/c1-13(2)19(12-14-6-4-3-5-7-14)16-10-15(11-17)8-9-18-16/h3-10,13H,11-12H2,1-2H3. The third kappa shape index (κ3) is 3.71. The van der Waals surface area contributed by atoms with Gasteiger partial charge in [-0.2, -0.15) is 0 Å². The van der Waals surface area contributed by atoms with Crippen molar-refractivity contribution in [3.63, 3.8) is 0 Å². The van der Waals surface area contributed by atoms with Crippen LogP contribution >= 0.6 is 11.6 Å². The van der Waals surface area contributed by atoms with E-state index in [0.717, 1.165) is 17.9 Å². The molecule has 1 heterocycles. The third-order valence-corrected chi connectivity index (χ3v) is 3.39. The summed E-state index contributed by atoms with van der Waals surface area (Å²) in [6, 6.07) is 14.9. The van der Waals surface area contributed by atoms with Crippen molar-refractivity contribution in [3.8, 4) is 0 Å². The van der Waals surface area contributed by atoms with Gasteiger partial charge in [-0.05, 0) is 37.1 Å². The minimum absolute atomic E-state index is 0.387. The van der Waals surface area contributed by atoms with Gasteiger partial charge in [-0.15, -0.1) is 11.6 Å². The molecule has 0 bridgehead atoms. The van der Waals surface area contributed by atoms with Crippen molar-refractivity contribution in [3.05, 3.63) is 59.8 Å². The van der Waals surface area contributed by atoms with Crippen molar-refractivity contribution in [2.45, 2.75) is 32.3 Å². The number of anilines is 1. The van der Waals surface area contributed by atoms with Crippen LogP contribution in [-0.4, -0.2) is 11.0 Å². The second-order valence-electron chi connectivity index (χ2n) is 4.86. The molecule has 0 radical (unpaired) electrons. The maximum Gasteiger partial charge on any atom is 0.129 e.